The number of benzene rings is 3. The van der Waals surface area contributed by atoms with Gasteiger partial charge < -0.3 is 45.9 Å². The lowest BCUT2D eigenvalue weighted by Crippen LogP contribution is -2.63. The number of nitrogens with zero attached hydrogens (tertiary/aromatic N) is 2. The van der Waals surface area contributed by atoms with Crippen LogP contribution in [0, 0.1) is 0 Å². The molecule has 0 unspecified atom stereocenters. The molecular weight excluding hydrogens is 829 g/mol. The Labute approximate surface area is 382 Å². The summed E-state index contributed by atoms with van der Waals surface area (Å²) in [6.45, 7) is 16.7. The van der Waals surface area contributed by atoms with E-state index >= 15 is 0 Å². The van der Waals surface area contributed by atoms with Gasteiger partial charge in [-0.3, -0.25) is 24.0 Å². The van der Waals surface area contributed by atoms with E-state index in [-0.39, 0.29) is 19.1 Å². The SMILES string of the molecule is CC(C)NC(=O)[C@H](COC(C)(C)C)NC(=O)C(C)(C)NC(=O)[C@H](CC(=O)NC(c1ccccc1)(c1ccccc1)c1ccccc1)NC(=O)[C@H](Cc1cn(C)cn1)NC(=O)OC(C)(C)C. The van der Waals surface area contributed by atoms with Crippen molar-refractivity contribution in [3.63, 3.8) is 0 Å². The Morgan fingerprint density at radius 3 is 1.57 bits per heavy atom. The highest BCUT2D eigenvalue weighted by Crippen LogP contribution is 2.37. The summed E-state index contributed by atoms with van der Waals surface area (Å²) in [6, 6.07) is 23.8. The molecule has 65 heavy (non-hydrogen) atoms. The van der Waals surface area contributed by atoms with Gasteiger partial charge in [0.05, 0.1) is 30.7 Å². The van der Waals surface area contributed by atoms with Gasteiger partial charge in [0.1, 0.15) is 34.8 Å². The van der Waals surface area contributed by atoms with Gasteiger partial charge in [0.15, 0.2) is 0 Å². The number of nitrogens with one attached hydrogen (secondary N) is 6. The number of imidazole rings is 1. The number of rotatable bonds is 19. The number of carbonyl (C=O) groups excluding carboxylic acids is 6. The predicted molar refractivity (Wildman–Crippen MR) is 247 cm³/mol. The Bertz CT molecular complexity index is 2140. The largest absolute Gasteiger partial charge is 0.444 e. The second kappa shape index (κ2) is 21.9. The summed E-state index contributed by atoms with van der Waals surface area (Å²) in [4.78, 5) is 88.4. The Hall–Kier alpha value is -6.55. The number of aryl methyl sites for hydroxylation is 1. The number of amides is 6. The maximum Gasteiger partial charge on any atom is 0.408 e. The Balaban J connectivity index is 1.75. The minimum atomic E-state index is -1.71. The van der Waals surface area contributed by atoms with E-state index in [4.69, 9.17) is 9.47 Å². The van der Waals surface area contributed by atoms with Crippen molar-refractivity contribution in [2.75, 3.05) is 6.61 Å². The second-order valence-electron chi connectivity index (χ2n) is 18.8. The molecule has 4 aromatic rings. The summed E-state index contributed by atoms with van der Waals surface area (Å²) in [7, 11) is 1.75. The fourth-order valence-corrected chi connectivity index (χ4v) is 6.84. The summed E-state index contributed by atoms with van der Waals surface area (Å²) in [5.41, 5.74) is -1.91. The first-order valence-electron chi connectivity index (χ1n) is 21.7. The first kappa shape index (κ1) is 51.1. The Kier molecular flexibility index (Phi) is 17.2. The quantitative estimate of drug-likeness (QED) is 0.0728. The van der Waals surface area contributed by atoms with Crippen LogP contribution in [0.1, 0.15) is 98.0 Å². The zero-order valence-electron chi connectivity index (χ0n) is 39.4. The van der Waals surface area contributed by atoms with E-state index in [1.807, 2.05) is 112 Å². The normalized spacial score (nSPS) is 13.4. The summed E-state index contributed by atoms with van der Waals surface area (Å²) in [5.74, 6) is -3.60. The van der Waals surface area contributed by atoms with Crippen molar-refractivity contribution >= 4 is 35.6 Å². The van der Waals surface area contributed by atoms with Crippen LogP contribution >= 0.6 is 0 Å². The molecule has 3 aromatic carbocycles. The highest BCUT2D eigenvalue weighted by Gasteiger charge is 2.41. The van der Waals surface area contributed by atoms with Crippen LogP contribution in [-0.2, 0) is 52.5 Å². The van der Waals surface area contributed by atoms with Crippen LogP contribution < -0.4 is 31.9 Å². The van der Waals surface area contributed by atoms with E-state index in [2.05, 4.69) is 36.9 Å². The van der Waals surface area contributed by atoms with Gasteiger partial charge >= 0.3 is 6.09 Å². The van der Waals surface area contributed by atoms with Crippen molar-refractivity contribution < 1.29 is 38.2 Å². The van der Waals surface area contributed by atoms with Crippen LogP contribution in [0.25, 0.3) is 0 Å². The standard InChI is InChI=1S/C49H66N8O8/c1-32(2)51-42(60)39(30-64-46(3,4)5)53-44(62)48(9,10)56-43(61)38(52-41(59)37(27-36-29-57(11)31-50-36)54-45(63)65-47(6,7)8)28-40(58)55-49(33-21-15-12-16-22-33,34-23-17-13-18-24-34)35-25-19-14-20-26-35/h12-26,29,31-32,37-39H,27-28,30H2,1-11H3,(H,51,60)(H,52,59)(H,53,62)(H,54,63)(H,55,58)(H,56,61)/t37-,38-,39-/m0/s1. The fourth-order valence-electron chi connectivity index (χ4n) is 6.84. The molecule has 0 spiro atoms. The smallest absolute Gasteiger partial charge is 0.408 e. The molecule has 4 rings (SSSR count). The fraction of sp³-hybridized carbons (Fsp3) is 0.449. The van der Waals surface area contributed by atoms with E-state index in [9.17, 15) is 28.8 Å². The van der Waals surface area contributed by atoms with Crippen LogP contribution in [0.15, 0.2) is 104 Å². The maximum atomic E-state index is 14.8. The van der Waals surface area contributed by atoms with Gasteiger partial charge in [-0.05, 0) is 85.9 Å². The molecule has 0 bridgehead atoms. The first-order chi connectivity index (χ1) is 30.4. The third-order valence-electron chi connectivity index (χ3n) is 9.89. The molecule has 16 nitrogen and oxygen atoms in total. The third-order valence-corrected chi connectivity index (χ3v) is 9.89. The zero-order chi connectivity index (χ0) is 48.2. The third kappa shape index (κ3) is 15.3. The number of hydrogen-bond donors (Lipinski definition) is 6. The molecular formula is C49H66N8O8. The molecule has 0 fully saturated rings. The van der Waals surface area contributed by atoms with E-state index in [1.54, 1.807) is 52.4 Å². The lowest BCUT2D eigenvalue weighted by atomic mass is 9.77. The number of alkyl carbamates (subject to hydrolysis) is 1. The Morgan fingerprint density at radius 2 is 1.12 bits per heavy atom. The molecule has 6 amide bonds. The lowest BCUT2D eigenvalue weighted by molar-refractivity contribution is -0.139. The van der Waals surface area contributed by atoms with Crippen LogP contribution in [0.2, 0.25) is 0 Å². The second-order valence-corrected chi connectivity index (χ2v) is 18.8. The highest BCUT2D eigenvalue weighted by molar-refractivity contribution is 5.98. The van der Waals surface area contributed by atoms with E-state index in [0.29, 0.717) is 5.69 Å². The molecule has 0 aliphatic rings. The van der Waals surface area contributed by atoms with Gasteiger partial charge in [0.25, 0.3) is 0 Å². The molecule has 0 radical (unpaired) electrons. The van der Waals surface area contributed by atoms with Gasteiger partial charge in [0, 0.05) is 25.7 Å². The molecule has 0 saturated heterocycles. The monoisotopic (exact) mass is 895 g/mol. The summed E-state index contributed by atoms with van der Waals surface area (Å²) in [6.07, 6.45) is 1.60. The van der Waals surface area contributed by atoms with E-state index in [1.165, 1.54) is 20.2 Å². The molecule has 0 aliphatic carbocycles. The average Bonchev–Trinajstić information content (AvgIpc) is 3.64. The van der Waals surface area contributed by atoms with Crippen LogP contribution in [0.4, 0.5) is 4.79 Å². The lowest BCUT2D eigenvalue weighted by Gasteiger charge is -2.37. The number of ether oxygens (including phenoxy) is 2. The van der Waals surface area contributed by atoms with E-state index < -0.39 is 82.5 Å². The molecule has 350 valence electrons. The zero-order valence-corrected chi connectivity index (χ0v) is 39.4. The summed E-state index contributed by atoms with van der Waals surface area (Å²) in [5, 5.41) is 16.7. The first-order valence-corrected chi connectivity index (χ1v) is 21.7. The van der Waals surface area contributed by atoms with Crippen molar-refractivity contribution in [3.05, 3.63) is 126 Å². The summed E-state index contributed by atoms with van der Waals surface area (Å²) < 4.78 is 13.0. The van der Waals surface area contributed by atoms with Crippen molar-refractivity contribution in [1.82, 2.24) is 41.5 Å². The summed E-state index contributed by atoms with van der Waals surface area (Å²) >= 11 is 0. The molecule has 1 aromatic heterocycles. The highest BCUT2D eigenvalue weighted by atomic mass is 16.6. The predicted octanol–water partition coefficient (Wildman–Crippen LogP) is 4.56. The number of aromatic nitrogens is 2. The maximum absolute atomic E-state index is 14.8. The number of hydrogen-bond acceptors (Lipinski definition) is 9. The van der Waals surface area contributed by atoms with Crippen LogP contribution in [0.3, 0.4) is 0 Å². The molecule has 1 heterocycles. The van der Waals surface area contributed by atoms with Gasteiger partial charge in [-0.15, -0.1) is 0 Å². The minimum absolute atomic E-state index is 0.101. The van der Waals surface area contributed by atoms with E-state index in [0.717, 1.165) is 16.7 Å². The van der Waals surface area contributed by atoms with Crippen molar-refractivity contribution in [2.45, 2.75) is 129 Å². The van der Waals surface area contributed by atoms with Crippen LogP contribution in [0.5, 0.6) is 0 Å². The molecule has 16 heteroatoms. The van der Waals surface area contributed by atoms with Gasteiger partial charge in [-0.25, -0.2) is 9.78 Å². The molecule has 0 saturated carbocycles. The molecule has 0 aliphatic heterocycles. The van der Waals surface area contributed by atoms with Crippen molar-refractivity contribution in [1.29, 1.82) is 0 Å². The minimum Gasteiger partial charge on any atom is -0.444 e. The van der Waals surface area contributed by atoms with Crippen molar-refractivity contribution in [3.8, 4) is 0 Å². The number of carbonyl (C=O) groups is 6. The van der Waals surface area contributed by atoms with Gasteiger partial charge in [-0.1, -0.05) is 91.0 Å². The van der Waals surface area contributed by atoms with Crippen LogP contribution in [-0.4, -0.2) is 92.7 Å². The Morgan fingerprint density at radius 1 is 0.615 bits per heavy atom. The molecule has 6 N–H and O–H groups in total. The topological polar surface area (TPSA) is 211 Å². The average molecular weight is 895 g/mol. The molecule has 3 atom stereocenters. The van der Waals surface area contributed by atoms with Gasteiger partial charge in [-0.2, -0.15) is 0 Å². The van der Waals surface area contributed by atoms with Crippen molar-refractivity contribution in [2.24, 2.45) is 7.05 Å². The van der Waals surface area contributed by atoms with Gasteiger partial charge in [0.2, 0.25) is 29.5 Å².